The molecule has 5 heteroatoms. The molecular weight excluding hydrogens is 316 g/mol. The van der Waals surface area contributed by atoms with Gasteiger partial charge in [0.2, 0.25) is 5.91 Å². The Kier molecular flexibility index (Phi) is 4.30. The first-order chi connectivity index (χ1) is 8.57. The number of hydrogen-bond donors (Lipinski definition) is 2. The van der Waals surface area contributed by atoms with Crippen LogP contribution >= 0.6 is 27.5 Å². The lowest BCUT2D eigenvalue weighted by atomic mass is 9.83. The van der Waals surface area contributed by atoms with Crippen molar-refractivity contribution in [2.75, 3.05) is 18.4 Å². The SMILES string of the molecule is CCC1(C(=O)Nc2ccc(Cl)cc2Br)CCNC1. The summed E-state index contributed by atoms with van der Waals surface area (Å²) in [6.07, 6.45) is 1.73. The minimum Gasteiger partial charge on any atom is -0.325 e. The molecule has 3 nitrogen and oxygen atoms in total. The van der Waals surface area contributed by atoms with Gasteiger partial charge in [0.1, 0.15) is 0 Å². The van der Waals surface area contributed by atoms with E-state index >= 15 is 0 Å². The minimum absolute atomic E-state index is 0.0815. The average Bonchev–Trinajstić information content (AvgIpc) is 2.82. The van der Waals surface area contributed by atoms with Crippen LogP contribution in [0, 0.1) is 5.41 Å². The van der Waals surface area contributed by atoms with Gasteiger partial charge in [0.25, 0.3) is 0 Å². The van der Waals surface area contributed by atoms with Gasteiger partial charge in [0.05, 0.1) is 11.1 Å². The molecule has 1 saturated heterocycles. The van der Waals surface area contributed by atoms with Crippen molar-refractivity contribution in [1.82, 2.24) is 5.32 Å². The molecule has 1 amide bonds. The second-order valence-corrected chi connectivity index (χ2v) is 5.93. The summed E-state index contributed by atoms with van der Waals surface area (Å²) in [7, 11) is 0. The van der Waals surface area contributed by atoms with E-state index in [0.717, 1.165) is 36.1 Å². The van der Waals surface area contributed by atoms with Crippen LogP contribution in [0.25, 0.3) is 0 Å². The summed E-state index contributed by atoms with van der Waals surface area (Å²) in [4.78, 5) is 12.4. The highest BCUT2D eigenvalue weighted by Gasteiger charge is 2.39. The van der Waals surface area contributed by atoms with E-state index in [-0.39, 0.29) is 11.3 Å². The molecule has 0 spiro atoms. The lowest BCUT2D eigenvalue weighted by Crippen LogP contribution is -2.37. The Morgan fingerprint density at radius 1 is 1.61 bits per heavy atom. The molecule has 18 heavy (non-hydrogen) atoms. The maximum absolute atomic E-state index is 12.4. The molecule has 1 aliphatic heterocycles. The molecule has 0 aliphatic carbocycles. The first kappa shape index (κ1) is 13.8. The largest absolute Gasteiger partial charge is 0.325 e. The molecule has 0 saturated carbocycles. The smallest absolute Gasteiger partial charge is 0.231 e. The number of anilines is 1. The first-order valence-electron chi connectivity index (χ1n) is 6.04. The number of nitrogens with one attached hydrogen (secondary N) is 2. The fourth-order valence-electron chi connectivity index (χ4n) is 2.25. The van der Waals surface area contributed by atoms with Crippen molar-refractivity contribution in [2.24, 2.45) is 5.41 Å². The van der Waals surface area contributed by atoms with E-state index in [1.54, 1.807) is 12.1 Å². The van der Waals surface area contributed by atoms with Gasteiger partial charge in [-0.05, 0) is 53.5 Å². The Labute approximate surface area is 120 Å². The van der Waals surface area contributed by atoms with Crippen molar-refractivity contribution in [3.63, 3.8) is 0 Å². The number of carbonyl (C=O) groups is 1. The second-order valence-electron chi connectivity index (χ2n) is 4.64. The van der Waals surface area contributed by atoms with Gasteiger partial charge in [-0.15, -0.1) is 0 Å². The van der Waals surface area contributed by atoms with Crippen LogP contribution in [0.15, 0.2) is 22.7 Å². The van der Waals surface area contributed by atoms with Crippen LogP contribution in [0.1, 0.15) is 19.8 Å². The molecule has 2 N–H and O–H groups in total. The fraction of sp³-hybridized carbons (Fsp3) is 0.462. The average molecular weight is 332 g/mol. The molecule has 98 valence electrons. The third kappa shape index (κ3) is 2.71. The highest BCUT2D eigenvalue weighted by molar-refractivity contribution is 9.10. The zero-order valence-corrected chi connectivity index (χ0v) is 12.6. The number of halogens is 2. The van der Waals surface area contributed by atoms with Crippen molar-refractivity contribution in [3.8, 4) is 0 Å². The Balaban J connectivity index is 2.15. The minimum atomic E-state index is -0.279. The summed E-state index contributed by atoms with van der Waals surface area (Å²) in [6.45, 7) is 3.72. The van der Waals surface area contributed by atoms with E-state index in [2.05, 4.69) is 33.5 Å². The Bertz CT molecular complexity index is 458. The van der Waals surface area contributed by atoms with Gasteiger partial charge < -0.3 is 10.6 Å². The highest BCUT2D eigenvalue weighted by atomic mass is 79.9. The molecule has 0 bridgehead atoms. The maximum atomic E-state index is 12.4. The van der Waals surface area contributed by atoms with Crippen molar-refractivity contribution in [2.45, 2.75) is 19.8 Å². The lowest BCUT2D eigenvalue weighted by molar-refractivity contribution is -0.124. The van der Waals surface area contributed by atoms with Crippen molar-refractivity contribution < 1.29 is 4.79 Å². The van der Waals surface area contributed by atoms with E-state index in [1.165, 1.54) is 0 Å². The molecule has 1 fully saturated rings. The normalized spacial score (nSPS) is 23.1. The zero-order valence-electron chi connectivity index (χ0n) is 10.2. The molecule has 1 aromatic rings. The number of rotatable bonds is 3. The standard InChI is InChI=1S/C13H16BrClN2O/c1-2-13(5-6-16-8-13)12(18)17-11-4-3-9(15)7-10(11)14/h3-4,7,16H,2,5-6,8H2,1H3,(H,17,18). The van der Waals surface area contributed by atoms with Crippen LogP contribution in [-0.4, -0.2) is 19.0 Å². The van der Waals surface area contributed by atoms with E-state index in [0.29, 0.717) is 5.02 Å². The Hall–Kier alpha value is -0.580. The maximum Gasteiger partial charge on any atom is 0.231 e. The monoisotopic (exact) mass is 330 g/mol. The van der Waals surface area contributed by atoms with Crippen LogP contribution < -0.4 is 10.6 Å². The Morgan fingerprint density at radius 3 is 2.94 bits per heavy atom. The first-order valence-corrected chi connectivity index (χ1v) is 7.22. The second kappa shape index (κ2) is 5.59. The topological polar surface area (TPSA) is 41.1 Å². The van der Waals surface area contributed by atoms with Crippen LogP contribution in [0.3, 0.4) is 0 Å². The summed E-state index contributed by atoms with van der Waals surface area (Å²) in [6, 6.07) is 5.37. The van der Waals surface area contributed by atoms with E-state index < -0.39 is 0 Å². The quantitative estimate of drug-likeness (QED) is 0.891. The number of carbonyl (C=O) groups excluding carboxylic acids is 1. The van der Waals surface area contributed by atoms with Crippen LogP contribution in [-0.2, 0) is 4.79 Å². The van der Waals surface area contributed by atoms with Gasteiger partial charge in [0.15, 0.2) is 0 Å². The summed E-state index contributed by atoms with van der Waals surface area (Å²) >= 11 is 9.29. The van der Waals surface area contributed by atoms with Gasteiger partial charge in [0, 0.05) is 16.0 Å². The summed E-state index contributed by atoms with van der Waals surface area (Å²) in [5, 5.41) is 6.89. The van der Waals surface area contributed by atoms with Gasteiger partial charge in [-0.25, -0.2) is 0 Å². The number of benzene rings is 1. The molecule has 1 heterocycles. The summed E-state index contributed by atoms with van der Waals surface area (Å²) in [5.74, 6) is 0.0815. The predicted molar refractivity (Wildman–Crippen MR) is 78.0 cm³/mol. The van der Waals surface area contributed by atoms with Gasteiger partial charge in [-0.1, -0.05) is 18.5 Å². The van der Waals surface area contributed by atoms with Crippen molar-refractivity contribution in [1.29, 1.82) is 0 Å². The summed E-state index contributed by atoms with van der Waals surface area (Å²) in [5.41, 5.74) is 0.489. The van der Waals surface area contributed by atoms with Crippen molar-refractivity contribution >= 4 is 39.1 Å². The number of hydrogen-bond acceptors (Lipinski definition) is 2. The molecule has 1 unspecified atom stereocenters. The van der Waals surface area contributed by atoms with Gasteiger partial charge >= 0.3 is 0 Å². The third-order valence-electron chi connectivity index (χ3n) is 3.58. The van der Waals surface area contributed by atoms with Crippen molar-refractivity contribution in [3.05, 3.63) is 27.7 Å². The van der Waals surface area contributed by atoms with Crippen LogP contribution in [0.4, 0.5) is 5.69 Å². The predicted octanol–water partition coefficient (Wildman–Crippen LogP) is 3.43. The zero-order chi connectivity index (χ0) is 13.2. The van der Waals surface area contributed by atoms with Gasteiger partial charge in [-0.3, -0.25) is 4.79 Å². The molecule has 0 radical (unpaired) electrons. The lowest BCUT2D eigenvalue weighted by Gasteiger charge is -2.25. The molecule has 1 aliphatic rings. The number of amides is 1. The summed E-state index contributed by atoms with van der Waals surface area (Å²) < 4.78 is 0.806. The van der Waals surface area contributed by atoms with Crippen LogP contribution in [0.5, 0.6) is 0 Å². The van der Waals surface area contributed by atoms with E-state index in [9.17, 15) is 4.79 Å². The fourth-order valence-corrected chi connectivity index (χ4v) is 3.03. The van der Waals surface area contributed by atoms with Crippen LogP contribution in [0.2, 0.25) is 5.02 Å². The van der Waals surface area contributed by atoms with Gasteiger partial charge in [-0.2, -0.15) is 0 Å². The molecule has 1 aromatic carbocycles. The highest BCUT2D eigenvalue weighted by Crippen LogP contribution is 2.33. The molecule has 0 aromatic heterocycles. The molecule has 1 atom stereocenters. The molecular formula is C13H16BrClN2O. The third-order valence-corrected chi connectivity index (χ3v) is 4.47. The molecule has 2 rings (SSSR count). The van der Waals surface area contributed by atoms with E-state index in [4.69, 9.17) is 11.6 Å². The van der Waals surface area contributed by atoms with E-state index in [1.807, 2.05) is 6.07 Å². The Morgan fingerprint density at radius 2 is 2.39 bits per heavy atom.